The summed E-state index contributed by atoms with van der Waals surface area (Å²) in [6.45, 7) is 5.44. The van der Waals surface area contributed by atoms with Crippen LogP contribution in [0.1, 0.15) is 32.8 Å². The molecule has 1 aliphatic heterocycles. The molecule has 0 aliphatic carbocycles. The summed E-state index contributed by atoms with van der Waals surface area (Å²) >= 11 is 0. The number of ether oxygens (including phenoxy) is 1. The third-order valence-electron chi connectivity index (χ3n) is 3.03. The van der Waals surface area contributed by atoms with Gasteiger partial charge in [-0.15, -0.1) is 0 Å². The topological polar surface area (TPSA) is 81.5 Å². The van der Waals surface area contributed by atoms with Gasteiger partial charge in [0, 0.05) is 17.8 Å². The number of aryl methyl sites for hydroxylation is 1. The van der Waals surface area contributed by atoms with E-state index < -0.39 is 16.6 Å². The molecule has 1 aromatic carbocycles. The molecule has 1 atom stereocenters. The van der Waals surface area contributed by atoms with E-state index in [4.69, 9.17) is 4.74 Å². The molecule has 0 radical (unpaired) electrons. The van der Waals surface area contributed by atoms with E-state index in [1.165, 1.54) is 12.1 Å². The van der Waals surface area contributed by atoms with Gasteiger partial charge in [-0.25, -0.2) is 4.79 Å². The van der Waals surface area contributed by atoms with Gasteiger partial charge in [-0.2, -0.15) is 0 Å². The van der Waals surface area contributed by atoms with E-state index in [0.29, 0.717) is 18.5 Å². The number of rotatable bonds is 2. The normalized spacial score (nSPS) is 17.9. The van der Waals surface area contributed by atoms with Gasteiger partial charge in [0.25, 0.3) is 5.69 Å². The second kappa shape index (κ2) is 5.11. The Hall–Kier alpha value is -2.11. The van der Waals surface area contributed by atoms with Gasteiger partial charge < -0.3 is 10.1 Å². The third-order valence-corrected chi connectivity index (χ3v) is 3.03. The van der Waals surface area contributed by atoms with Gasteiger partial charge in [-0.1, -0.05) is 6.07 Å². The fourth-order valence-electron chi connectivity index (χ4n) is 2.14. The predicted octanol–water partition coefficient (Wildman–Crippen LogP) is 2.66. The minimum Gasteiger partial charge on any atom is -0.458 e. The van der Waals surface area contributed by atoms with Gasteiger partial charge in [0.15, 0.2) is 0 Å². The number of non-ortho nitro benzene ring substituents is 1. The summed E-state index contributed by atoms with van der Waals surface area (Å²) < 4.78 is 5.33. The monoisotopic (exact) mass is 278 g/mol. The molecule has 0 spiro atoms. The van der Waals surface area contributed by atoms with Crippen molar-refractivity contribution in [2.45, 2.75) is 45.3 Å². The second-order valence-corrected chi connectivity index (χ2v) is 5.87. The summed E-state index contributed by atoms with van der Waals surface area (Å²) in [5, 5.41) is 13.8. The molecule has 1 unspecified atom stereocenters. The third kappa shape index (κ3) is 3.26. The van der Waals surface area contributed by atoms with Crippen LogP contribution < -0.4 is 5.32 Å². The highest BCUT2D eigenvalue weighted by atomic mass is 16.6. The van der Waals surface area contributed by atoms with E-state index in [-0.39, 0.29) is 11.7 Å². The number of hydrogen-bond donors (Lipinski definition) is 1. The quantitative estimate of drug-likeness (QED) is 0.511. The molecule has 1 heterocycles. The van der Waals surface area contributed by atoms with Crippen molar-refractivity contribution >= 4 is 17.3 Å². The van der Waals surface area contributed by atoms with Crippen molar-refractivity contribution in [1.29, 1.82) is 0 Å². The lowest BCUT2D eigenvalue weighted by molar-refractivity contribution is -0.384. The highest BCUT2D eigenvalue weighted by Crippen LogP contribution is 2.29. The smallest absolute Gasteiger partial charge is 0.329 e. The molecule has 1 aromatic rings. The second-order valence-electron chi connectivity index (χ2n) is 5.87. The van der Waals surface area contributed by atoms with Crippen molar-refractivity contribution in [2.24, 2.45) is 0 Å². The Morgan fingerprint density at radius 2 is 2.15 bits per heavy atom. The van der Waals surface area contributed by atoms with E-state index in [9.17, 15) is 14.9 Å². The lowest BCUT2D eigenvalue weighted by Crippen LogP contribution is -2.38. The largest absolute Gasteiger partial charge is 0.458 e. The van der Waals surface area contributed by atoms with Gasteiger partial charge in [-0.3, -0.25) is 10.1 Å². The number of fused-ring (bicyclic) bond motifs is 1. The molecule has 1 aliphatic rings. The Balaban J connectivity index is 2.15. The summed E-state index contributed by atoms with van der Waals surface area (Å²) in [7, 11) is 0. The summed E-state index contributed by atoms with van der Waals surface area (Å²) in [5.41, 5.74) is 1.10. The van der Waals surface area contributed by atoms with Crippen LogP contribution in [-0.4, -0.2) is 22.5 Å². The van der Waals surface area contributed by atoms with Crippen LogP contribution in [0.3, 0.4) is 0 Å². The van der Waals surface area contributed by atoms with Crippen molar-refractivity contribution in [3.8, 4) is 0 Å². The zero-order valence-corrected chi connectivity index (χ0v) is 11.8. The van der Waals surface area contributed by atoms with E-state index >= 15 is 0 Å². The van der Waals surface area contributed by atoms with Gasteiger partial charge in [0.1, 0.15) is 11.6 Å². The first-order chi connectivity index (χ1) is 9.26. The van der Waals surface area contributed by atoms with E-state index in [1.54, 1.807) is 6.07 Å². The highest BCUT2D eigenvalue weighted by molar-refractivity contribution is 5.81. The molecule has 2 rings (SSSR count). The number of nitrogens with zero attached hydrogens (tertiary/aromatic N) is 1. The SMILES string of the molecule is CC(C)(C)OC(=O)C1CCc2ccc([N+](=O)[O-])cc2N1. The van der Waals surface area contributed by atoms with Crippen LogP contribution in [0.2, 0.25) is 0 Å². The maximum absolute atomic E-state index is 12.0. The van der Waals surface area contributed by atoms with Crippen LogP contribution in [0.4, 0.5) is 11.4 Å². The van der Waals surface area contributed by atoms with Crippen molar-refractivity contribution in [2.75, 3.05) is 5.32 Å². The maximum atomic E-state index is 12.0. The molecule has 0 aromatic heterocycles. The number of nitro groups is 1. The van der Waals surface area contributed by atoms with E-state index in [0.717, 1.165) is 5.56 Å². The summed E-state index contributed by atoms with van der Waals surface area (Å²) in [6, 6.07) is 4.22. The summed E-state index contributed by atoms with van der Waals surface area (Å²) in [5.74, 6) is -0.324. The fourth-order valence-corrected chi connectivity index (χ4v) is 2.14. The Morgan fingerprint density at radius 3 is 2.75 bits per heavy atom. The molecule has 6 heteroatoms. The number of benzene rings is 1. The molecule has 20 heavy (non-hydrogen) atoms. The first kappa shape index (κ1) is 14.3. The van der Waals surface area contributed by atoms with Crippen LogP contribution in [-0.2, 0) is 16.0 Å². The van der Waals surface area contributed by atoms with Crippen molar-refractivity contribution in [3.05, 3.63) is 33.9 Å². The van der Waals surface area contributed by atoms with Gasteiger partial charge in [0.05, 0.1) is 4.92 Å². The average Bonchev–Trinajstić information content (AvgIpc) is 2.35. The minimum absolute atomic E-state index is 0.0149. The molecule has 108 valence electrons. The Labute approximate surface area is 117 Å². The molecular formula is C14H18N2O4. The number of carbonyl (C=O) groups is 1. The number of anilines is 1. The number of hydrogen-bond acceptors (Lipinski definition) is 5. The first-order valence-corrected chi connectivity index (χ1v) is 6.53. The molecule has 0 bridgehead atoms. The Kier molecular flexibility index (Phi) is 3.65. The average molecular weight is 278 g/mol. The lowest BCUT2D eigenvalue weighted by Gasteiger charge is -2.28. The highest BCUT2D eigenvalue weighted by Gasteiger charge is 2.29. The van der Waals surface area contributed by atoms with E-state index in [2.05, 4.69) is 5.32 Å². The fraction of sp³-hybridized carbons (Fsp3) is 0.500. The first-order valence-electron chi connectivity index (χ1n) is 6.53. The van der Waals surface area contributed by atoms with Crippen molar-refractivity contribution < 1.29 is 14.5 Å². The minimum atomic E-state index is -0.540. The maximum Gasteiger partial charge on any atom is 0.329 e. The molecule has 0 saturated heterocycles. The summed E-state index contributed by atoms with van der Waals surface area (Å²) in [6.07, 6.45) is 1.32. The van der Waals surface area contributed by atoms with Crippen LogP contribution in [0.25, 0.3) is 0 Å². The van der Waals surface area contributed by atoms with E-state index in [1.807, 2.05) is 20.8 Å². The van der Waals surface area contributed by atoms with Gasteiger partial charge >= 0.3 is 5.97 Å². The van der Waals surface area contributed by atoms with Crippen LogP contribution in [0.5, 0.6) is 0 Å². The molecule has 0 fully saturated rings. The van der Waals surface area contributed by atoms with Gasteiger partial charge in [0.2, 0.25) is 0 Å². The number of carbonyl (C=O) groups excluding carboxylic acids is 1. The molecule has 6 nitrogen and oxygen atoms in total. The van der Waals surface area contributed by atoms with Crippen molar-refractivity contribution in [3.63, 3.8) is 0 Å². The Bertz CT molecular complexity index is 549. The molecule has 0 amide bonds. The van der Waals surface area contributed by atoms with Crippen LogP contribution in [0.15, 0.2) is 18.2 Å². The lowest BCUT2D eigenvalue weighted by atomic mass is 9.97. The van der Waals surface area contributed by atoms with Crippen LogP contribution >= 0.6 is 0 Å². The predicted molar refractivity (Wildman–Crippen MR) is 74.7 cm³/mol. The number of esters is 1. The standard InChI is InChI=1S/C14H18N2O4/c1-14(2,3)20-13(17)11-7-5-9-4-6-10(16(18)19)8-12(9)15-11/h4,6,8,11,15H,5,7H2,1-3H3. The van der Waals surface area contributed by atoms with Crippen LogP contribution in [0, 0.1) is 10.1 Å². The molecular weight excluding hydrogens is 260 g/mol. The number of nitrogens with one attached hydrogen (secondary N) is 1. The molecule has 0 saturated carbocycles. The summed E-state index contributed by atoms with van der Waals surface area (Å²) in [4.78, 5) is 22.4. The van der Waals surface area contributed by atoms with Gasteiger partial charge in [-0.05, 0) is 39.2 Å². The van der Waals surface area contributed by atoms with Crippen molar-refractivity contribution in [1.82, 2.24) is 0 Å². The Morgan fingerprint density at radius 1 is 1.45 bits per heavy atom. The molecule has 1 N–H and O–H groups in total. The number of nitro benzene ring substituents is 1. The zero-order valence-electron chi connectivity index (χ0n) is 11.8. The zero-order chi connectivity index (χ0) is 14.9.